The van der Waals surface area contributed by atoms with Gasteiger partial charge < -0.3 is 20.4 Å². The van der Waals surface area contributed by atoms with Crippen molar-refractivity contribution in [2.45, 2.75) is 38.2 Å². The maximum absolute atomic E-state index is 10.1. The van der Waals surface area contributed by atoms with Crippen LogP contribution in [-0.2, 0) is 0 Å². The summed E-state index contributed by atoms with van der Waals surface area (Å²) in [4.78, 5) is 0. The van der Waals surface area contributed by atoms with E-state index in [9.17, 15) is 20.4 Å². The molecule has 15 heavy (non-hydrogen) atoms. The van der Waals surface area contributed by atoms with E-state index in [1.807, 2.05) is 0 Å². The third kappa shape index (κ3) is 2.69. The molecule has 1 aliphatic rings. The highest BCUT2D eigenvalue weighted by atomic mass is 16.3. The zero-order valence-electron chi connectivity index (χ0n) is 9.10. The minimum atomic E-state index is -1.14. The molecule has 0 aromatic carbocycles. The summed E-state index contributed by atoms with van der Waals surface area (Å²) >= 11 is 0. The lowest BCUT2D eigenvalue weighted by atomic mass is 9.73. The Morgan fingerprint density at radius 1 is 0.933 bits per heavy atom. The van der Waals surface area contributed by atoms with Gasteiger partial charge in [0, 0.05) is 0 Å². The highest BCUT2D eigenvalue weighted by Crippen LogP contribution is 2.34. The average molecular weight is 218 g/mol. The zero-order chi connectivity index (χ0) is 11.3. The van der Waals surface area contributed by atoms with Crippen molar-refractivity contribution >= 4 is 0 Å². The Balaban J connectivity index is 2.65. The van der Waals surface area contributed by atoms with Gasteiger partial charge in [0.15, 0.2) is 0 Å². The van der Waals surface area contributed by atoms with Gasteiger partial charge in [-0.15, -0.1) is 0 Å². The summed E-state index contributed by atoms with van der Waals surface area (Å²) in [5, 5.41) is 37.7. The lowest BCUT2D eigenvalue weighted by Crippen LogP contribution is -2.49. The number of aliphatic hydroxyl groups excluding tert-OH is 4. The second-order valence-corrected chi connectivity index (χ2v) is 4.68. The molecule has 1 atom stereocenters. The molecule has 4 heteroatoms. The van der Waals surface area contributed by atoms with Gasteiger partial charge in [-0.05, 0) is 18.8 Å². The van der Waals surface area contributed by atoms with Gasteiger partial charge in [-0.25, -0.2) is 0 Å². The van der Waals surface area contributed by atoms with Crippen LogP contribution < -0.4 is 0 Å². The van der Waals surface area contributed by atoms with Gasteiger partial charge in [0.25, 0.3) is 0 Å². The van der Waals surface area contributed by atoms with Crippen molar-refractivity contribution in [1.29, 1.82) is 0 Å². The van der Waals surface area contributed by atoms with Gasteiger partial charge in [0.2, 0.25) is 0 Å². The van der Waals surface area contributed by atoms with Crippen LogP contribution in [0.3, 0.4) is 0 Å². The van der Waals surface area contributed by atoms with E-state index in [4.69, 9.17) is 0 Å². The van der Waals surface area contributed by atoms with Crippen molar-refractivity contribution < 1.29 is 20.4 Å². The quantitative estimate of drug-likeness (QED) is 0.519. The number of aliphatic hydroxyl groups is 4. The SMILES string of the molecule is OCC(CO)(CO)C(O)C1CCCCC1. The Morgan fingerprint density at radius 2 is 1.40 bits per heavy atom. The van der Waals surface area contributed by atoms with Crippen molar-refractivity contribution in [3.8, 4) is 0 Å². The van der Waals surface area contributed by atoms with Crippen molar-refractivity contribution in [3.05, 3.63) is 0 Å². The summed E-state index contributed by atoms with van der Waals surface area (Å²) in [5.74, 6) is 0.102. The Kier molecular flexibility index (Phi) is 4.99. The first-order valence-electron chi connectivity index (χ1n) is 5.71. The summed E-state index contributed by atoms with van der Waals surface area (Å²) in [6, 6.07) is 0. The first kappa shape index (κ1) is 12.9. The van der Waals surface area contributed by atoms with E-state index in [1.165, 1.54) is 6.42 Å². The molecule has 4 nitrogen and oxygen atoms in total. The molecule has 1 rings (SSSR count). The standard InChI is InChI=1S/C11H22O4/c12-6-11(7-13,8-14)10(15)9-4-2-1-3-5-9/h9-10,12-15H,1-8H2. The molecular formula is C11H22O4. The van der Waals surface area contributed by atoms with Crippen LogP contribution in [0.15, 0.2) is 0 Å². The molecule has 0 saturated heterocycles. The fourth-order valence-corrected chi connectivity index (χ4v) is 2.38. The Hall–Kier alpha value is -0.160. The summed E-state index contributed by atoms with van der Waals surface area (Å²) in [6.07, 6.45) is 4.39. The van der Waals surface area contributed by atoms with Crippen LogP contribution >= 0.6 is 0 Å². The fourth-order valence-electron chi connectivity index (χ4n) is 2.38. The highest BCUT2D eigenvalue weighted by Gasteiger charge is 2.41. The number of hydrogen-bond donors (Lipinski definition) is 4. The second-order valence-electron chi connectivity index (χ2n) is 4.68. The molecule has 0 bridgehead atoms. The molecule has 1 unspecified atom stereocenters. The van der Waals surface area contributed by atoms with Crippen molar-refractivity contribution in [3.63, 3.8) is 0 Å². The maximum atomic E-state index is 10.1. The van der Waals surface area contributed by atoms with Gasteiger partial charge in [0.1, 0.15) is 0 Å². The fraction of sp³-hybridized carbons (Fsp3) is 1.00. The van der Waals surface area contributed by atoms with Crippen LogP contribution in [-0.4, -0.2) is 46.4 Å². The van der Waals surface area contributed by atoms with Crippen molar-refractivity contribution in [2.75, 3.05) is 19.8 Å². The van der Waals surface area contributed by atoms with Crippen LogP contribution in [0.4, 0.5) is 0 Å². The van der Waals surface area contributed by atoms with Gasteiger partial charge in [-0.3, -0.25) is 0 Å². The molecule has 1 aliphatic carbocycles. The first-order chi connectivity index (χ1) is 7.20. The van der Waals surface area contributed by atoms with Gasteiger partial charge in [0.05, 0.1) is 31.3 Å². The largest absolute Gasteiger partial charge is 0.396 e. The lowest BCUT2D eigenvalue weighted by Gasteiger charge is -2.39. The molecular weight excluding hydrogens is 196 g/mol. The second kappa shape index (κ2) is 5.80. The molecule has 0 aliphatic heterocycles. The normalized spacial score (nSPS) is 21.6. The molecule has 0 radical (unpaired) electrons. The van der Waals surface area contributed by atoms with Crippen molar-refractivity contribution in [2.24, 2.45) is 11.3 Å². The molecule has 0 aromatic heterocycles. The monoisotopic (exact) mass is 218 g/mol. The topological polar surface area (TPSA) is 80.9 Å². The Bertz CT molecular complexity index is 165. The molecule has 0 heterocycles. The molecule has 0 spiro atoms. The summed E-state index contributed by atoms with van der Waals surface area (Å²) in [5.41, 5.74) is -1.14. The molecule has 0 amide bonds. The van der Waals surface area contributed by atoms with E-state index in [0.29, 0.717) is 0 Å². The van der Waals surface area contributed by atoms with Crippen LogP contribution in [0.25, 0.3) is 0 Å². The number of rotatable bonds is 5. The minimum Gasteiger partial charge on any atom is -0.396 e. The van der Waals surface area contributed by atoms with Crippen molar-refractivity contribution in [1.82, 2.24) is 0 Å². The van der Waals surface area contributed by atoms with Crippen LogP contribution in [0, 0.1) is 11.3 Å². The molecule has 90 valence electrons. The lowest BCUT2D eigenvalue weighted by molar-refractivity contribution is -0.111. The Labute approximate surface area is 90.6 Å². The molecule has 1 saturated carbocycles. The molecule has 1 fully saturated rings. The van der Waals surface area contributed by atoms with Crippen LogP contribution in [0.5, 0.6) is 0 Å². The number of hydrogen-bond acceptors (Lipinski definition) is 4. The van der Waals surface area contributed by atoms with E-state index >= 15 is 0 Å². The van der Waals surface area contributed by atoms with Gasteiger partial charge in [-0.1, -0.05) is 19.3 Å². The van der Waals surface area contributed by atoms with Crippen LogP contribution in [0.1, 0.15) is 32.1 Å². The third-order valence-electron chi connectivity index (χ3n) is 3.67. The smallest absolute Gasteiger partial charge is 0.0690 e. The maximum Gasteiger partial charge on any atom is 0.0690 e. The average Bonchev–Trinajstić information content (AvgIpc) is 2.33. The summed E-state index contributed by atoms with van der Waals surface area (Å²) in [7, 11) is 0. The van der Waals surface area contributed by atoms with Gasteiger partial charge in [-0.2, -0.15) is 0 Å². The predicted octanol–water partition coefficient (Wildman–Crippen LogP) is -0.109. The van der Waals surface area contributed by atoms with E-state index in [0.717, 1.165) is 25.7 Å². The molecule has 0 aromatic rings. The van der Waals surface area contributed by atoms with E-state index < -0.39 is 11.5 Å². The van der Waals surface area contributed by atoms with E-state index in [-0.39, 0.29) is 25.7 Å². The van der Waals surface area contributed by atoms with Crippen LogP contribution in [0.2, 0.25) is 0 Å². The minimum absolute atomic E-state index is 0.102. The molecule has 4 N–H and O–H groups in total. The first-order valence-corrected chi connectivity index (χ1v) is 5.71. The van der Waals surface area contributed by atoms with Gasteiger partial charge >= 0.3 is 0 Å². The highest BCUT2D eigenvalue weighted by molar-refractivity contribution is 4.90. The zero-order valence-corrected chi connectivity index (χ0v) is 9.10. The van der Waals surface area contributed by atoms with E-state index in [2.05, 4.69) is 0 Å². The predicted molar refractivity (Wildman–Crippen MR) is 56.3 cm³/mol. The third-order valence-corrected chi connectivity index (χ3v) is 3.67. The summed E-state index contributed by atoms with van der Waals surface area (Å²) in [6.45, 7) is -1.13. The Morgan fingerprint density at radius 3 is 1.80 bits per heavy atom. The van der Waals surface area contributed by atoms with E-state index in [1.54, 1.807) is 0 Å². The summed E-state index contributed by atoms with van der Waals surface area (Å²) < 4.78 is 0.